The largest absolute Gasteiger partial charge is 0.376 e. The van der Waals surface area contributed by atoms with Crippen molar-refractivity contribution in [3.63, 3.8) is 0 Å². The van der Waals surface area contributed by atoms with E-state index in [-0.39, 0.29) is 11.4 Å². The molecule has 0 aliphatic heterocycles. The molecule has 1 aromatic carbocycles. The molecule has 102 valence electrons. The van der Waals surface area contributed by atoms with E-state index in [4.69, 9.17) is 0 Å². The Labute approximate surface area is 108 Å². The Kier molecular flexibility index (Phi) is 4.95. The highest BCUT2D eigenvalue weighted by atomic mass is 32.2. The average molecular weight is 274 g/mol. The van der Waals surface area contributed by atoms with Crippen LogP contribution in [0.2, 0.25) is 0 Å². The molecule has 0 aliphatic carbocycles. The van der Waals surface area contributed by atoms with E-state index in [1.54, 1.807) is 25.1 Å². The van der Waals surface area contributed by atoms with Crippen LogP contribution >= 0.6 is 0 Å². The van der Waals surface area contributed by atoms with Gasteiger partial charge in [-0.1, -0.05) is 13.3 Å². The van der Waals surface area contributed by atoms with Gasteiger partial charge in [0, 0.05) is 20.2 Å². The maximum atomic E-state index is 13.2. The Hall–Kier alpha value is -1.30. The molecule has 0 saturated heterocycles. The third-order valence-electron chi connectivity index (χ3n) is 2.47. The van der Waals surface area contributed by atoms with Crippen LogP contribution in [0.1, 0.15) is 19.8 Å². The van der Waals surface area contributed by atoms with E-state index in [0.717, 1.165) is 6.42 Å². The van der Waals surface area contributed by atoms with Crippen LogP contribution in [0.4, 0.5) is 15.8 Å². The number of rotatable bonds is 6. The van der Waals surface area contributed by atoms with Crippen LogP contribution in [-0.4, -0.2) is 28.3 Å². The van der Waals surface area contributed by atoms with Crippen LogP contribution in [0.5, 0.6) is 0 Å². The Bertz CT molecular complexity index is 501. The van der Waals surface area contributed by atoms with Crippen LogP contribution in [-0.2, 0) is 10.0 Å². The molecule has 0 fully saturated rings. The SMILES string of the molecule is CCCCS(=O)(=O)Nc1cc(F)ccc1N(C)C. The quantitative estimate of drug-likeness (QED) is 0.866. The second-order valence-electron chi connectivity index (χ2n) is 4.33. The summed E-state index contributed by atoms with van der Waals surface area (Å²) in [5.41, 5.74) is 0.910. The molecule has 0 unspecified atom stereocenters. The van der Waals surface area contributed by atoms with Gasteiger partial charge in [-0.15, -0.1) is 0 Å². The van der Waals surface area contributed by atoms with Gasteiger partial charge in [-0.25, -0.2) is 12.8 Å². The van der Waals surface area contributed by atoms with Crippen molar-refractivity contribution in [1.82, 2.24) is 0 Å². The molecule has 0 bridgehead atoms. The van der Waals surface area contributed by atoms with E-state index < -0.39 is 15.8 Å². The molecule has 0 saturated carbocycles. The van der Waals surface area contributed by atoms with E-state index in [1.807, 2.05) is 6.92 Å². The number of hydrogen-bond donors (Lipinski definition) is 1. The summed E-state index contributed by atoms with van der Waals surface area (Å²) in [4.78, 5) is 1.73. The summed E-state index contributed by atoms with van der Waals surface area (Å²) >= 11 is 0. The Morgan fingerprint density at radius 3 is 2.56 bits per heavy atom. The first-order chi connectivity index (χ1) is 8.35. The lowest BCUT2D eigenvalue weighted by atomic mass is 10.2. The van der Waals surface area contributed by atoms with Gasteiger partial charge in [0.1, 0.15) is 5.82 Å². The lowest BCUT2D eigenvalue weighted by Crippen LogP contribution is -2.19. The molecule has 18 heavy (non-hydrogen) atoms. The highest BCUT2D eigenvalue weighted by molar-refractivity contribution is 7.92. The van der Waals surface area contributed by atoms with E-state index in [2.05, 4.69) is 4.72 Å². The molecular formula is C12H19FN2O2S. The van der Waals surface area contributed by atoms with Crippen molar-refractivity contribution in [3.05, 3.63) is 24.0 Å². The molecule has 1 N–H and O–H groups in total. The summed E-state index contributed by atoms with van der Waals surface area (Å²) in [6.07, 6.45) is 1.38. The van der Waals surface area contributed by atoms with Crippen LogP contribution in [0.25, 0.3) is 0 Å². The maximum Gasteiger partial charge on any atom is 0.232 e. The molecule has 6 heteroatoms. The Morgan fingerprint density at radius 1 is 1.33 bits per heavy atom. The smallest absolute Gasteiger partial charge is 0.232 e. The van der Waals surface area contributed by atoms with E-state index >= 15 is 0 Å². The third-order valence-corrected chi connectivity index (χ3v) is 3.83. The van der Waals surface area contributed by atoms with Crippen molar-refractivity contribution in [2.24, 2.45) is 0 Å². The highest BCUT2D eigenvalue weighted by Crippen LogP contribution is 2.26. The molecule has 0 atom stereocenters. The van der Waals surface area contributed by atoms with Gasteiger partial charge >= 0.3 is 0 Å². The van der Waals surface area contributed by atoms with E-state index in [9.17, 15) is 12.8 Å². The van der Waals surface area contributed by atoms with Gasteiger partial charge in [0.2, 0.25) is 10.0 Å². The standard InChI is InChI=1S/C12H19FN2O2S/c1-4-5-8-18(16,17)14-11-9-10(13)6-7-12(11)15(2)3/h6-7,9,14H,4-5,8H2,1-3H3. The van der Waals surface area contributed by atoms with Crippen molar-refractivity contribution in [2.75, 3.05) is 29.5 Å². The lowest BCUT2D eigenvalue weighted by Gasteiger charge is -2.18. The molecule has 0 radical (unpaired) electrons. The summed E-state index contributed by atoms with van der Waals surface area (Å²) in [5.74, 6) is -0.416. The van der Waals surface area contributed by atoms with Crippen LogP contribution < -0.4 is 9.62 Å². The topological polar surface area (TPSA) is 49.4 Å². The number of hydrogen-bond acceptors (Lipinski definition) is 3. The number of nitrogens with zero attached hydrogens (tertiary/aromatic N) is 1. The minimum Gasteiger partial charge on any atom is -0.376 e. The summed E-state index contributed by atoms with van der Waals surface area (Å²) in [6, 6.07) is 4.05. The number of benzene rings is 1. The predicted octanol–water partition coefficient (Wildman–Crippen LogP) is 2.43. The fourth-order valence-electron chi connectivity index (χ4n) is 1.53. The van der Waals surface area contributed by atoms with Crippen molar-refractivity contribution >= 4 is 21.4 Å². The second-order valence-corrected chi connectivity index (χ2v) is 6.17. The summed E-state index contributed by atoms with van der Waals surface area (Å²) < 4.78 is 39.2. The van der Waals surface area contributed by atoms with Crippen molar-refractivity contribution < 1.29 is 12.8 Å². The van der Waals surface area contributed by atoms with Gasteiger partial charge in [0.05, 0.1) is 17.1 Å². The van der Waals surface area contributed by atoms with Gasteiger partial charge < -0.3 is 4.90 Å². The van der Waals surface area contributed by atoms with Crippen molar-refractivity contribution in [1.29, 1.82) is 0 Å². The minimum absolute atomic E-state index is 0.0485. The molecule has 1 rings (SSSR count). The Balaban J connectivity index is 2.99. The molecule has 0 amide bonds. The minimum atomic E-state index is -3.41. The zero-order chi connectivity index (χ0) is 13.8. The lowest BCUT2D eigenvalue weighted by molar-refractivity contribution is 0.597. The van der Waals surface area contributed by atoms with Crippen molar-refractivity contribution in [3.8, 4) is 0 Å². The number of nitrogens with one attached hydrogen (secondary N) is 1. The molecule has 0 aromatic heterocycles. The Morgan fingerprint density at radius 2 is 2.00 bits per heavy atom. The van der Waals surface area contributed by atoms with Crippen molar-refractivity contribution in [2.45, 2.75) is 19.8 Å². The number of sulfonamides is 1. The highest BCUT2D eigenvalue weighted by Gasteiger charge is 2.14. The monoisotopic (exact) mass is 274 g/mol. The summed E-state index contributed by atoms with van der Waals surface area (Å²) in [6.45, 7) is 1.92. The summed E-state index contributed by atoms with van der Waals surface area (Å²) in [7, 11) is 0.137. The number of halogens is 1. The van der Waals surface area contributed by atoms with E-state index in [1.165, 1.54) is 12.1 Å². The summed E-state index contributed by atoms with van der Waals surface area (Å²) in [5, 5.41) is 0. The van der Waals surface area contributed by atoms with Gasteiger partial charge in [0.25, 0.3) is 0 Å². The fourth-order valence-corrected chi connectivity index (χ4v) is 2.80. The van der Waals surface area contributed by atoms with Crippen LogP contribution in [0.15, 0.2) is 18.2 Å². The second kappa shape index (κ2) is 6.04. The molecule has 0 spiro atoms. The predicted molar refractivity (Wildman–Crippen MR) is 73.0 cm³/mol. The van der Waals surface area contributed by atoms with Crippen LogP contribution in [0.3, 0.4) is 0 Å². The zero-order valence-electron chi connectivity index (χ0n) is 10.9. The third kappa shape index (κ3) is 4.18. The number of anilines is 2. The molecular weight excluding hydrogens is 255 g/mol. The molecule has 0 heterocycles. The van der Waals surface area contributed by atoms with Gasteiger partial charge in [-0.2, -0.15) is 0 Å². The molecule has 1 aromatic rings. The maximum absolute atomic E-state index is 13.2. The van der Waals surface area contributed by atoms with Gasteiger partial charge in [-0.3, -0.25) is 4.72 Å². The normalized spacial score (nSPS) is 11.3. The van der Waals surface area contributed by atoms with Gasteiger partial charge in [0.15, 0.2) is 0 Å². The van der Waals surface area contributed by atoms with Crippen LogP contribution in [0, 0.1) is 5.82 Å². The first-order valence-corrected chi connectivity index (χ1v) is 7.48. The average Bonchev–Trinajstić information content (AvgIpc) is 2.25. The molecule has 4 nitrogen and oxygen atoms in total. The van der Waals surface area contributed by atoms with E-state index in [0.29, 0.717) is 12.1 Å². The van der Waals surface area contributed by atoms with Gasteiger partial charge in [-0.05, 0) is 18.6 Å². The molecule has 0 aliphatic rings. The first-order valence-electron chi connectivity index (χ1n) is 5.83. The first kappa shape index (κ1) is 14.8. The number of unbranched alkanes of at least 4 members (excludes halogenated alkanes) is 1. The zero-order valence-corrected chi connectivity index (χ0v) is 11.7. The fraction of sp³-hybridized carbons (Fsp3) is 0.500.